The molecule has 0 spiro atoms. The van der Waals surface area contributed by atoms with Crippen LogP contribution in [0.1, 0.15) is 25.3 Å². The van der Waals surface area contributed by atoms with Gasteiger partial charge in [0.05, 0.1) is 12.2 Å². The van der Waals surface area contributed by atoms with Gasteiger partial charge in [0, 0.05) is 43.6 Å². The van der Waals surface area contributed by atoms with Crippen molar-refractivity contribution in [3.63, 3.8) is 0 Å². The predicted octanol–water partition coefficient (Wildman–Crippen LogP) is 0.813. The highest BCUT2D eigenvalue weighted by molar-refractivity contribution is 5.80. The van der Waals surface area contributed by atoms with Gasteiger partial charge in [-0.15, -0.1) is 0 Å². The number of ether oxygens (including phenoxy) is 1. The average Bonchev–Trinajstić information content (AvgIpc) is 3.21. The molecule has 29 heavy (non-hydrogen) atoms. The summed E-state index contributed by atoms with van der Waals surface area (Å²) in [6, 6.07) is 6.61. The Kier molecular flexibility index (Phi) is 5.93. The summed E-state index contributed by atoms with van der Waals surface area (Å²) in [5.41, 5.74) is 0.521. The van der Waals surface area contributed by atoms with Crippen molar-refractivity contribution in [3.8, 4) is 0 Å². The van der Waals surface area contributed by atoms with Gasteiger partial charge < -0.3 is 25.6 Å². The molecule has 0 bridgehead atoms. The number of benzene rings is 1. The number of hydrogen-bond acceptors (Lipinski definition) is 5. The quantitative estimate of drug-likeness (QED) is 0.594. The van der Waals surface area contributed by atoms with E-state index in [9.17, 15) is 19.4 Å². The molecule has 0 radical (unpaired) electrons. The molecule has 1 aliphatic carbocycles. The van der Waals surface area contributed by atoms with E-state index in [-0.39, 0.29) is 40.8 Å². The summed E-state index contributed by atoms with van der Waals surface area (Å²) in [6.45, 7) is 4.68. The normalized spacial score (nSPS) is 36.4. The molecule has 0 unspecified atom stereocenters. The number of rotatable bonds is 4. The summed E-state index contributed by atoms with van der Waals surface area (Å²) in [6.07, 6.45) is -0.284. The first kappa shape index (κ1) is 20.7. The third-order valence-electron chi connectivity index (χ3n) is 7.46. The van der Waals surface area contributed by atoms with Crippen molar-refractivity contribution in [1.82, 2.24) is 10.6 Å². The van der Waals surface area contributed by atoms with E-state index in [0.29, 0.717) is 45.7 Å². The van der Waals surface area contributed by atoms with Gasteiger partial charge >= 0.3 is 0 Å². The summed E-state index contributed by atoms with van der Waals surface area (Å²) < 4.78 is 19.4. The van der Waals surface area contributed by atoms with E-state index in [4.69, 9.17) is 4.74 Å². The lowest BCUT2D eigenvalue weighted by Crippen LogP contribution is -2.56. The number of hydrogen-bond donors (Lipinski definition) is 4. The molecule has 4 rings (SSSR count). The maximum absolute atomic E-state index is 13.9. The van der Waals surface area contributed by atoms with Crippen LogP contribution in [0.4, 0.5) is 4.39 Å². The molecule has 6 atom stereocenters. The molecule has 1 aromatic carbocycles. The van der Waals surface area contributed by atoms with E-state index in [1.165, 1.54) is 6.07 Å². The van der Waals surface area contributed by atoms with E-state index in [1.807, 2.05) is 13.0 Å². The van der Waals surface area contributed by atoms with Crippen LogP contribution in [0.25, 0.3) is 0 Å². The minimum Gasteiger partial charge on any atom is -0.390 e. The average molecular weight is 406 g/mol. The van der Waals surface area contributed by atoms with Crippen LogP contribution in [0.15, 0.2) is 24.3 Å². The highest BCUT2D eigenvalue weighted by atomic mass is 19.1. The van der Waals surface area contributed by atoms with Gasteiger partial charge in [0.2, 0.25) is 5.91 Å². The van der Waals surface area contributed by atoms with E-state index in [2.05, 4.69) is 10.6 Å². The topological polar surface area (TPSA) is 90.8 Å². The molecule has 2 aliphatic heterocycles. The first-order valence-electron chi connectivity index (χ1n) is 10.6. The summed E-state index contributed by atoms with van der Waals surface area (Å²) in [5.74, 6) is -1.17. The van der Waals surface area contributed by atoms with E-state index in [0.717, 1.165) is 5.56 Å². The Hall–Kier alpha value is -1.54. The Labute approximate surface area is 170 Å². The van der Waals surface area contributed by atoms with Crippen molar-refractivity contribution >= 4 is 5.91 Å². The van der Waals surface area contributed by atoms with E-state index < -0.39 is 12.2 Å². The van der Waals surface area contributed by atoms with E-state index in [1.54, 1.807) is 12.1 Å². The van der Waals surface area contributed by atoms with Crippen LogP contribution < -0.4 is 10.6 Å². The van der Waals surface area contributed by atoms with Crippen molar-refractivity contribution < 1.29 is 24.1 Å². The van der Waals surface area contributed by atoms with Crippen molar-refractivity contribution in [1.29, 1.82) is 0 Å². The van der Waals surface area contributed by atoms with Crippen LogP contribution in [0.5, 0.6) is 0 Å². The van der Waals surface area contributed by atoms with Gasteiger partial charge in [0.15, 0.2) is 0 Å². The van der Waals surface area contributed by atoms with Gasteiger partial charge in [0.1, 0.15) is 5.82 Å². The summed E-state index contributed by atoms with van der Waals surface area (Å²) >= 11 is 0. The molecule has 3 fully saturated rings. The lowest BCUT2D eigenvalue weighted by atomic mass is 9.65. The molecule has 160 valence electrons. The van der Waals surface area contributed by atoms with Crippen LogP contribution >= 0.6 is 0 Å². The van der Waals surface area contributed by atoms with Crippen molar-refractivity contribution in [2.45, 2.75) is 37.4 Å². The second-order valence-electron chi connectivity index (χ2n) is 8.97. The van der Waals surface area contributed by atoms with Crippen molar-refractivity contribution in [2.75, 3.05) is 32.8 Å². The fraction of sp³-hybridized carbons (Fsp3) is 0.682. The van der Waals surface area contributed by atoms with Gasteiger partial charge in [-0.1, -0.05) is 19.1 Å². The number of nitrogens with one attached hydrogen (secondary N) is 2. The molecule has 7 heteroatoms. The first-order chi connectivity index (χ1) is 13.9. The van der Waals surface area contributed by atoms with Gasteiger partial charge in [-0.2, -0.15) is 0 Å². The number of aliphatic hydroxyl groups is 2. The molecule has 4 N–H and O–H groups in total. The maximum atomic E-state index is 13.9. The van der Waals surface area contributed by atoms with Crippen LogP contribution in [-0.4, -0.2) is 61.2 Å². The Bertz CT molecular complexity index is 739. The second-order valence-corrected chi connectivity index (χ2v) is 8.97. The molecule has 1 aromatic rings. The zero-order chi connectivity index (χ0) is 20.6. The SMILES string of the molecule is C[C@H]1[C@H](O)[C@@H](O)[C@H]2CNC[C@@H]2[C@H]1C(=O)NCC1(c2cccc(F)c2)CCOCC1. The first-order valence-corrected chi connectivity index (χ1v) is 10.6. The Morgan fingerprint density at radius 3 is 2.69 bits per heavy atom. The van der Waals surface area contributed by atoms with Gasteiger partial charge in [-0.3, -0.25) is 4.79 Å². The Morgan fingerprint density at radius 1 is 1.24 bits per heavy atom. The van der Waals surface area contributed by atoms with Crippen LogP contribution in [-0.2, 0) is 14.9 Å². The number of fused-ring (bicyclic) bond motifs is 1. The van der Waals surface area contributed by atoms with Crippen LogP contribution in [0.2, 0.25) is 0 Å². The highest BCUT2D eigenvalue weighted by Gasteiger charge is 2.52. The number of halogens is 1. The Balaban J connectivity index is 1.52. The smallest absolute Gasteiger partial charge is 0.223 e. The van der Waals surface area contributed by atoms with Gasteiger partial charge in [-0.25, -0.2) is 4.39 Å². The predicted molar refractivity (Wildman–Crippen MR) is 106 cm³/mol. The lowest BCUT2D eigenvalue weighted by molar-refractivity contribution is -0.146. The van der Waals surface area contributed by atoms with Crippen LogP contribution in [0.3, 0.4) is 0 Å². The highest BCUT2D eigenvalue weighted by Crippen LogP contribution is 2.41. The summed E-state index contributed by atoms with van der Waals surface area (Å²) in [7, 11) is 0. The fourth-order valence-corrected chi connectivity index (χ4v) is 5.61. The third-order valence-corrected chi connectivity index (χ3v) is 7.46. The third kappa shape index (κ3) is 3.81. The maximum Gasteiger partial charge on any atom is 0.223 e. The zero-order valence-electron chi connectivity index (χ0n) is 16.8. The monoisotopic (exact) mass is 406 g/mol. The molecule has 1 saturated carbocycles. The number of amides is 1. The summed E-state index contributed by atoms with van der Waals surface area (Å²) in [5, 5.41) is 27.2. The van der Waals surface area contributed by atoms with Crippen LogP contribution in [0, 0.1) is 29.5 Å². The zero-order valence-corrected chi connectivity index (χ0v) is 16.8. The lowest BCUT2D eigenvalue weighted by Gasteiger charge is -2.44. The molecular formula is C22H31FN2O4. The second kappa shape index (κ2) is 8.30. The summed E-state index contributed by atoms with van der Waals surface area (Å²) in [4.78, 5) is 13.2. The van der Waals surface area contributed by atoms with Crippen molar-refractivity contribution in [2.24, 2.45) is 23.7 Å². The van der Waals surface area contributed by atoms with E-state index >= 15 is 0 Å². The number of carbonyl (C=O) groups is 1. The van der Waals surface area contributed by atoms with Gasteiger partial charge in [0.25, 0.3) is 0 Å². The standard InChI is InChI=1S/C22H31FN2O4/c1-13-18(16-10-24-11-17(16)20(27)19(13)26)21(28)25-12-22(5-7-29-8-6-22)14-3-2-4-15(23)9-14/h2-4,9,13,16-20,24,26-27H,5-8,10-12H2,1H3,(H,25,28)/t13-,16+,17+,18+,19+,20+/m1/s1. The molecule has 2 heterocycles. The minimum atomic E-state index is -0.910. The number of carbonyl (C=O) groups excluding carboxylic acids is 1. The molecule has 0 aromatic heterocycles. The number of aliphatic hydroxyl groups excluding tert-OH is 2. The fourth-order valence-electron chi connectivity index (χ4n) is 5.61. The largest absolute Gasteiger partial charge is 0.390 e. The van der Waals surface area contributed by atoms with Crippen molar-refractivity contribution in [3.05, 3.63) is 35.6 Å². The minimum absolute atomic E-state index is 0.00297. The molecule has 6 nitrogen and oxygen atoms in total. The molecule has 2 saturated heterocycles. The molecule has 3 aliphatic rings. The Morgan fingerprint density at radius 2 is 1.97 bits per heavy atom. The molecule has 1 amide bonds. The van der Waals surface area contributed by atoms with Gasteiger partial charge in [-0.05, 0) is 48.9 Å². The molecular weight excluding hydrogens is 375 g/mol.